The Hall–Kier alpha value is -3.61. The number of phenolic OH excluding ortho intramolecular Hbond substituents is 1. The number of hydrogen-bond acceptors (Lipinski definition) is 6. The minimum absolute atomic E-state index is 0.00618. The first-order valence-electron chi connectivity index (χ1n) is 9.43. The van der Waals surface area contributed by atoms with Gasteiger partial charge in [-0.25, -0.2) is 4.79 Å². The molecule has 0 bridgehead atoms. The first-order valence-corrected chi connectivity index (χ1v) is 9.43. The van der Waals surface area contributed by atoms with Crippen LogP contribution in [0.5, 0.6) is 11.5 Å². The number of esters is 1. The Bertz CT molecular complexity index is 931. The molecule has 0 aromatic heterocycles. The monoisotopic (exact) mass is 411 g/mol. The lowest BCUT2D eigenvalue weighted by Crippen LogP contribution is -2.14. The topological polar surface area (TPSA) is 102 Å². The number of carbonyl (C=O) groups excluding carboxylic acids is 3. The molecule has 2 rings (SSSR count). The van der Waals surface area contributed by atoms with Crippen LogP contribution in [0.15, 0.2) is 48.5 Å². The number of aromatic hydroxyl groups is 1. The lowest BCUT2D eigenvalue weighted by molar-refractivity contribution is -0.136. The van der Waals surface area contributed by atoms with Gasteiger partial charge in [0.05, 0.1) is 7.11 Å². The highest BCUT2D eigenvalue weighted by molar-refractivity contribution is 5.99. The molecule has 0 aliphatic rings. The van der Waals surface area contributed by atoms with E-state index in [4.69, 9.17) is 9.47 Å². The highest BCUT2D eigenvalue weighted by Crippen LogP contribution is 2.26. The van der Waals surface area contributed by atoms with Crippen LogP contribution < -0.4 is 10.1 Å². The van der Waals surface area contributed by atoms with Crippen LogP contribution in [0, 0.1) is 5.92 Å². The Balaban J connectivity index is 1.86. The standard InChI is InChI=1S/C23H25NO6/c1-15(2)12-22(27)24-18-8-6-17(7-9-18)20(26)14-30-23(28)11-5-16-4-10-19(25)21(13-16)29-3/h4-11,13,15,25H,12,14H2,1-3H3,(H,24,27)/b11-5+. The van der Waals surface area contributed by atoms with E-state index in [1.807, 2.05) is 13.8 Å². The molecule has 2 aromatic carbocycles. The predicted molar refractivity (Wildman–Crippen MR) is 114 cm³/mol. The van der Waals surface area contributed by atoms with Crippen LogP contribution in [0.2, 0.25) is 0 Å². The third kappa shape index (κ3) is 7.09. The average Bonchev–Trinajstić information content (AvgIpc) is 2.71. The minimum Gasteiger partial charge on any atom is -0.504 e. The number of anilines is 1. The van der Waals surface area contributed by atoms with Crippen molar-refractivity contribution < 1.29 is 29.0 Å². The van der Waals surface area contributed by atoms with E-state index < -0.39 is 12.6 Å². The smallest absolute Gasteiger partial charge is 0.331 e. The fourth-order valence-electron chi connectivity index (χ4n) is 2.55. The molecule has 0 aliphatic carbocycles. The van der Waals surface area contributed by atoms with Crippen molar-refractivity contribution in [2.45, 2.75) is 20.3 Å². The summed E-state index contributed by atoms with van der Waals surface area (Å²) < 4.78 is 9.97. The van der Waals surface area contributed by atoms with Gasteiger partial charge in [-0.05, 0) is 54.0 Å². The molecule has 0 atom stereocenters. The lowest BCUT2D eigenvalue weighted by atomic mass is 10.1. The van der Waals surface area contributed by atoms with Crippen molar-refractivity contribution in [1.29, 1.82) is 0 Å². The zero-order valence-electron chi connectivity index (χ0n) is 17.2. The maximum atomic E-state index is 12.2. The molecule has 0 fully saturated rings. The molecular weight excluding hydrogens is 386 g/mol. The summed E-state index contributed by atoms with van der Waals surface area (Å²) in [5, 5.41) is 12.3. The number of nitrogens with one attached hydrogen (secondary N) is 1. The fraction of sp³-hybridized carbons (Fsp3) is 0.261. The molecule has 1 amide bonds. The molecule has 0 unspecified atom stereocenters. The summed E-state index contributed by atoms with van der Waals surface area (Å²) in [4.78, 5) is 35.8. The molecule has 0 saturated heterocycles. The number of phenols is 1. The third-order valence-electron chi connectivity index (χ3n) is 4.05. The van der Waals surface area contributed by atoms with Gasteiger partial charge in [-0.2, -0.15) is 0 Å². The Morgan fingerprint density at radius 2 is 1.80 bits per heavy atom. The quantitative estimate of drug-likeness (QED) is 0.369. The second-order valence-corrected chi connectivity index (χ2v) is 7.02. The molecule has 158 valence electrons. The molecule has 7 nitrogen and oxygen atoms in total. The number of Topliss-reactive ketones (excluding diaryl/α,β-unsaturated/α-hetero) is 1. The van der Waals surface area contributed by atoms with Crippen molar-refractivity contribution >= 4 is 29.4 Å². The van der Waals surface area contributed by atoms with Gasteiger partial charge in [-0.3, -0.25) is 9.59 Å². The van der Waals surface area contributed by atoms with Gasteiger partial charge in [0.15, 0.2) is 23.9 Å². The summed E-state index contributed by atoms with van der Waals surface area (Å²) in [6.45, 7) is 3.51. The van der Waals surface area contributed by atoms with Crippen LogP contribution in [0.3, 0.4) is 0 Å². The highest BCUT2D eigenvalue weighted by atomic mass is 16.5. The summed E-state index contributed by atoms with van der Waals surface area (Å²) in [6, 6.07) is 11.0. The van der Waals surface area contributed by atoms with Gasteiger partial charge in [0, 0.05) is 23.7 Å². The molecule has 2 N–H and O–H groups in total. The summed E-state index contributed by atoms with van der Waals surface area (Å²) in [5.41, 5.74) is 1.60. The highest BCUT2D eigenvalue weighted by Gasteiger charge is 2.10. The fourth-order valence-corrected chi connectivity index (χ4v) is 2.55. The first-order chi connectivity index (χ1) is 14.3. The molecule has 7 heteroatoms. The van der Waals surface area contributed by atoms with Crippen LogP contribution in [-0.2, 0) is 14.3 Å². The van der Waals surface area contributed by atoms with E-state index in [1.165, 1.54) is 25.3 Å². The minimum atomic E-state index is -0.673. The van der Waals surface area contributed by atoms with E-state index in [0.29, 0.717) is 23.2 Å². The second kappa shape index (κ2) is 10.8. The van der Waals surface area contributed by atoms with Gasteiger partial charge in [0.2, 0.25) is 5.91 Å². The van der Waals surface area contributed by atoms with E-state index in [1.54, 1.807) is 36.4 Å². The summed E-state index contributed by atoms with van der Waals surface area (Å²) in [7, 11) is 1.43. The van der Waals surface area contributed by atoms with Gasteiger partial charge in [0.1, 0.15) is 0 Å². The van der Waals surface area contributed by atoms with Crippen molar-refractivity contribution in [3.63, 3.8) is 0 Å². The van der Waals surface area contributed by atoms with Crippen molar-refractivity contribution in [1.82, 2.24) is 0 Å². The number of hydrogen-bond donors (Lipinski definition) is 2. The number of ketones is 1. The van der Waals surface area contributed by atoms with Gasteiger partial charge >= 0.3 is 5.97 Å². The summed E-state index contributed by atoms with van der Waals surface area (Å²) in [5.74, 6) is -0.587. The van der Waals surface area contributed by atoms with Gasteiger partial charge < -0.3 is 19.9 Å². The van der Waals surface area contributed by atoms with Crippen molar-refractivity contribution in [3.8, 4) is 11.5 Å². The number of ether oxygens (including phenoxy) is 2. The first kappa shape index (κ1) is 22.7. The molecule has 0 saturated carbocycles. The molecule has 2 aromatic rings. The number of benzene rings is 2. The summed E-state index contributed by atoms with van der Waals surface area (Å²) in [6.07, 6.45) is 3.09. The van der Waals surface area contributed by atoms with Crippen molar-refractivity contribution in [3.05, 3.63) is 59.7 Å². The summed E-state index contributed by atoms with van der Waals surface area (Å²) >= 11 is 0. The Labute approximate surface area is 175 Å². The largest absolute Gasteiger partial charge is 0.504 e. The third-order valence-corrected chi connectivity index (χ3v) is 4.05. The second-order valence-electron chi connectivity index (χ2n) is 7.02. The lowest BCUT2D eigenvalue weighted by Gasteiger charge is -2.08. The maximum absolute atomic E-state index is 12.2. The van der Waals surface area contributed by atoms with Crippen LogP contribution >= 0.6 is 0 Å². The molecule has 0 radical (unpaired) electrons. The number of rotatable bonds is 9. The van der Waals surface area contributed by atoms with Crippen LogP contribution in [-0.4, -0.2) is 36.5 Å². The van der Waals surface area contributed by atoms with Gasteiger partial charge in [0.25, 0.3) is 0 Å². The van der Waals surface area contributed by atoms with E-state index in [0.717, 1.165) is 0 Å². The number of carbonyl (C=O) groups is 3. The van der Waals surface area contributed by atoms with E-state index in [2.05, 4.69) is 5.32 Å². The maximum Gasteiger partial charge on any atom is 0.331 e. The Morgan fingerprint density at radius 3 is 2.43 bits per heavy atom. The Kier molecular flexibility index (Phi) is 8.17. The van der Waals surface area contributed by atoms with E-state index in [-0.39, 0.29) is 29.1 Å². The molecule has 0 heterocycles. The zero-order valence-corrected chi connectivity index (χ0v) is 17.2. The van der Waals surface area contributed by atoms with Gasteiger partial charge in [-0.1, -0.05) is 19.9 Å². The normalized spacial score (nSPS) is 10.8. The molecular formula is C23H25NO6. The van der Waals surface area contributed by atoms with Crippen LogP contribution in [0.1, 0.15) is 36.2 Å². The predicted octanol–water partition coefficient (Wildman–Crippen LogP) is 3.82. The number of amides is 1. The van der Waals surface area contributed by atoms with E-state index in [9.17, 15) is 19.5 Å². The SMILES string of the molecule is COc1cc(/C=C/C(=O)OCC(=O)c2ccc(NC(=O)CC(C)C)cc2)ccc1O. The molecule has 0 aliphatic heterocycles. The van der Waals surface area contributed by atoms with Crippen molar-refractivity contribution in [2.75, 3.05) is 19.0 Å². The van der Waals surface area contributed by atoms with Gasteiger partial charge in [-0.15, -0.1) is 0 Å². The Morgan fingerprint density at radius 1 is 1.10 bits per heavy atom. The van der Waals surface area contributed by atoms with Crippen molar-refractivity contribution in [2.24, 2.45) is 5.92 Å². The van der Waals surface area contributed by atoms with Crippen LogP contribution in [0.4, 0.5) is 5.69 Å². The average molecular weight is 411 g/mol. The number of methoxy groups -OCH3 is 1. The zero-order chi connectivity index (χ0) is 22.1. The van der Waals surface area contributed by atoms with E-state index >= 15 is 0 Å². The van der Waals surface area contributed by atoms with Crippen LogP contribution in [0.25, 0.3) is 6.08 Å². The molecule has 0 spiro atoms. The molecule has 30 heavy (non-hydrogen) atoms.